The van der Waals surface area contributed by atoms with Gasteiger partial charge in [-0.1, -0.05) is 50.8 Å². The topological polar surface area (TPSA) is 38.0 Å². The lowest BCUT2D eigenvalue weighted by Crippen LogP contribution is -2.38. The fourth-order valence-electron chi connectivity index (χ4n) is 3.61. The third-order valence-electron chi connectivity index (χ3n) is 4.99. The first kappa shape index (κ1) is 14.5. The number of rotatable bonds is 4. The molecular weight excluding hydrogens is 232 g/mol. The number of benzene rings is 1. The first-order valence-electron chi connectivity index (χ1n) is 7.70. The van der Waals surface area contributed by atoms with Crippen LogP contribution in [0.1, 0.15) is 61.8 Å². The van der Waals surface area contributed by atoms with Crippen molar-refractivity contribution < 1.29 is 0 Å². The zero-order valence-corrected chi connectivity index (χ0v) is 12.6. The van der Waals surface area contributed by atoms with E-state index in [9.17, 15) is 0 Å². The predicted molar refractivity (Wildman–Crippen MR) is 81.7 cm³/mol. The first-order chi connectivity index (χ1) is 9.17. The van der Waals surface area contributed by atoms with Crippen LogP contribution < -0.4 is 11.3 Å². The second-order valence-electron chi connectivity index (χ2n) is 6.10. The number of hydrogen-bond acceptors (Lipinski definition) is 2. The largest absolute Gasteiger partial charge is 0.271 e. The number of aryl methyl sites for hydroxylation is 2. The van der Waals surface area contributed by atoms with Crippen molar-refractivity contribution in [2.24, 2.45) is 17.7 Å². The van der Waals surface area contributed by atoms with Gasteiger partial charge in [0, 0.05) is 6.04 Å². The van der Waals surface area contributed by atoms with Crippen LogP contribution in [0.2, 0.25) is 0 Å². The molecule has 3 atom stereocenters. The van der Waals surface area contributed by atoms with Gasteiger partial charge >= 0.3 is 0 Å². The van der Waals surface area contributed by atoms with Gasteiger partial charge in [0.05, 0.1) is 0 Å². The van der Waals surface area contributed by atoms with Crippen LogP contribution in [0.15, 0.2) is 18.2 Å². The molecule has 2 heteroatoms. The van der Waals surface area contributed by atoms with Gasteiger partial charge in [0.2, 0.25) is 0 Å². The van der Waals surface area contributed by atoms with E-state index in [1.165, 1.54) is 48.8 Å². The Morgan fingerprint density at radius 2 is 1.95 bits per heavy atom. The molecule has 0 radical (unpaired) electrons. The van der Waals surface area contributed by atoms with Crippen molar-refractivity contribution in [3.8, 4) is 0 Å². The van der Waals surface area contributed by atoms with Gasteiger partial charge < -0.3 is 0 Å². The Hall–Kier alpha value is -0.860. The van der Waals surface area contributed by atoms with Gasteiger partial charge in [0.15, 0.2) is 0 Å². The van der Waals surface area contributed by atoms with Gasteiger partial charge in [0.25, 0.3) is 0 Å². The van der Waals surface area contributed by atoms with Gasteiger partial charge in [-0.3, -0.25) is 11.3 Å². The highest BCUT2D eigenvalue weighted by molar-refractivity contribution is 5.32. The summed E-state index contributed by atoms with van der Waals surface area (Å²) in [6.07, 6.45) is 6.68. The first-order valence-corrected chi connectivity index (χ1v) is 7.70. The molecule has 1 aliphatic rings. The van der Waals surface area contributed by atoms with Gasteiger partial charge in [0.1, 0.15) is 0 Å². The molecule has 2 rings (SSSR count). The molecule has 1 aromatic rings. The molecule has 0 spiro atoms. The summed E-state index contributed by atoms with van der Waals surface area (Å²) in [6.45, 7) is 6.67. The summed E-state index contributed by atoms with van der Waals surface area (Å²) in [7, 11) is 0. The second kappa shape index (κ2) is 6.53. The summed E-state index contributed by atoms with van der Waals surface area (Å²) >= 11 is 0. The van der Waals surface area contributed by atoms with E-state index in [0.717, 1.165) is 5.92 Å². The highest BCUT2D eigenvalue weighted by Gasteiger charge is 2.31. The van der Waals surface area contributed by atoms with E-state index in [1.54, 1.807) is 0 Å². The van der Waals surface area contributed by atoms with E-state index in [1.807, 2.05) is 0 Å². The van der Waals surface area contributed by atoms with Gasteiger partial charge in [-0.2, -0.15) is 0 Å². The second-order valence-corrected chi connectivity index (χ2v) is 6.10. The molecule has 1 saturated carbocycles. The Labute approximate surface area is 117 Å². The maximum atomic E-state index is 5.89. The molecule has 3 unspecified atom stereocenters. The minimum absolute atomic E-state index is 0.310. The molecule has 0 aromatic heterocycles. The molecule has 0 amide bonds. The Balaban J connectivity index is 2.24. The normalized spacial score (nSPS) is 25.3. The van der Waals surface area contributed by atoms with Crippen LogP contribution in [-0.4, -0.2) is 0 Å². The van der Waals surface area contributed by atoms with Gasteiger partial charge in [-0.05, 0) is 48.8 Å². The molecule has 0 heterocycles. The van der Waals surface area contributed by atoms with E-state index in [4.69, 9.17) is 5.84 Å². The summed E-state index contributed by atoms with van der Waals surface area (Å²) in [5.41, 5.74) is 7.18. The highest BCUT2D eigenvalue weighted by Crippen LogP contribution is 2.40. The molecule has 0 aliphatic heterocycles. The van der Waals surface area contributed by atoms with Crippen LogP contribution in [0, 0.1) is 25.7 Å². The van der Waals surface area contributed by atoms with Crippen molar-refractivity contribution in [2.75, 3.05) is 0 Å². The monoisotopic (exact) mass is 260 g/mol. The fourth-order valence-corrected chi connectivity index (χ4v) is 3.61. The number of hydrazine groups is 1. The lowest BCUT2D eigenvalue weighted by Gasteiger charge is -2.37. The molecule has 0 bridgehead atoms. The zero-order valence-electron chi connectivity index (χ0n) is 12.6. The number of hydrogen-bond donors (Lipinski definition) is 2. The van der Waals surface area contributed by atoms with Crippen LogP contribution in [0.4, 0.5) is 0 Å². The standard InChI is InChI=1S/C17H28N2/c1-4-14-7-5-6-8-16(14)17(19-18)15-10-9-12(2)13(3)11-15/h9-11,14,16-17,19H,4-8,18H2,1-3H3. The van der Waals surface area contributed by atoms with E-state index in [2.05, 4.69) is 44.4 Å². The van der Waals surface area contributed by atoms with Crippen molar-refractivity contribution in [1.29, 1.82) is 0 Å². The molecule has 1 aromatic carbocycles. The maximum Gasteiger partial charge on any atom is 0.0490 e. The average molecular weight is 260 g/mol. The molecule has 2 nitrogen and oxygen atoms in total. The smallest absolute Gasteiger partial charge is 0.0490 e. The van der Waals surface area contributed by atoms with Gasteiger partial charge in [-0.25, -0.2) is 0 Å². The van der Waals surface area contributed by atoms with Crippen LogP contribution in [0.25, 0.3) is 0 Å². The van der Waals surface area contributed by atoms with Crippen molar-refractivity contribution in [3.05, 3.63) is 34.9 Å². The van der Waals surface area contributed by atoms with Crippen molar-refractivity contribution >= 4 is 0 Å². The maximum absolute atomic E-state index is 5.89. The quantitative estimate of drug-likeness (QED) is 0.634. The highest BCUT2D eigenvalue weighted by atomic mass is 15.2. The van der Waals surface area contributed by atoms with Crippen LogP contribution in [0.5, 0.6) is 0 Å². The fraction of sp³-hybridized carbons (Fsp3) is 0.647. The van der Waals surface area contributed by atoms with Crippen molar-refractivity contribution in [1.82, 2.24) is 5.43 Å². The Bertz CT molecular complexity index is 414. The molecule has 106 valence electrons. The SMILES string of the molecule is CCC1CCCCC1C(NN)c1ccc(C)c(C)c1. The Morgan fingerprint density at radius 3 is 2.58 bits per heavy atom. The summed E-state index contributed by atoms with van der Waals surface area (Å²) in [4.78, 5) is 0. The summed E-state index contributed by atoms with van der Waals surface area (Å²) in [5.74, 6) is 7.39. The molecule has 1 aliphatic carbocycles. The third-order valence-corrected chi connectivity index (χ3v) is 4.99. The Kier molecular flexibility index (Phi) is 5.00. The van der Waals surface area contributed by atoms with Gasteiger partial charge in [-0.15, -0.1) is 0 Å². The van der Waals surface area contributed by atoms with Crippen LogP contribution >= 0.6 is 0 Å². The minimum atomic E-state index is 0.310. The van der Waals surface area contributed by atoms with E-state index in [-0.39, 0.29) is 0 Å². The number of nitrogens with two attached hydrogens (primary N) is 1. The summed E-state index contributed by atoms with van der Waals surface area (Å²) in [6, 6.07) is 7.08. The molecule has 3 N–H and O–H groups in total. The zero-order chi connectivity index (χ0) is 13.8. The minimum Gasteiger partial charge on any atom is -0.271 e. The predicted octanol–water partition coefficient (Wildman–Crippen LogP) is 4.02. The molecular formula is C17H28N2. The third kappa shape index (κ3) is 3.18. The Morgan fingerprint density at radius 1 is 1.21 bits per heavy atom. The molecule has 1 fully saturated rings. The van der Waals surface area contributed by atoms with Crippen LogP contribution in [-0.2, 0) is 0 Å². The molecule has 19 heavy (non-hydrogen) atoms. The van der Waals surface area contributed by atoms with E-state index in [0.29, 0.717) is 12.0 Å². The van der Waals surface area contributed by atoms with E-state index < -0.39 is 0 Å². The molecule has 0 saturated heterocycles. The van der Waals surface area contributed by atoms with Crippen LogP contribution in [0.3, 0.4) is 0 Å². The summed E-state index contributed by atoms with van der Waals surface area (Å²) in [5, 5.41) is 0. The summed E-state index contributed by atoms with van der Waals surface area (Å²) < 4.78 is 0. The van der Waals surface area contributed by atoms with Crippen molar-refractivity contribution in [3.63, 3.8) is 0 Å². The lowest BCUT2D eigenvalue weighted by molar-refractivity contribution is 0.176. The lowest BCUT2D eigenvalue weighted by atomic mass is 9.72. The van der Waals surface area contributed by atoms with E-state index >= 15 is 0 Å². The van der Waals surface area contributed by atoms with Crippen molar-refractivity contribution in [2.45, 2.75) is 58.9 Å². The number of nitrogens with one attached hydrogen (secondary N) is 1. The average Bonchev–Trinajstić information content (AvgIpc) is 2.44.